The minimum absolute atomic E-state index is 0.153. The molecule has 0 aromatic rings. The van der Waals surface area contributed by atoms with Crippen LogP contribution in [0, 0.1) is 0 Å². The molecule has 2 unspecified atom stereocenters. The van der Waals surface area contributed by atoms with Gasteiger partial charge in [0.25, 0.3) is 0 Å². The van der Waals surface area contributed by atoms with Crippen LogP contribution in [0.4, 0.5) is 0 Å². The van der Waals surface area contributed by atoms with Gasteiger partial charge in [0.2, 0.25) is 0 Å². The summed E-state index contributed by atoms with van der Waals surface area (Å²) in [6.45, 7) is 20.0. The Bertz CT molecular complexity index is 815. The molecule has 0 bridgehead atoms. The van der Waals surface area contributed by atoms with Crippen molar-refractivity contribution in [2.45, 2.75) is 194 Å². The summed E-state index contributed by atoms with van der Waals surface area (Å²) in [5.41, 5.74) is 0. The highest BCUT2D eigenvalue weighted by Crippen LogP contribution is 2.16. The van der Waals surface area contributed by atoms with Crippen molar-refractivity contribution in [3.05, 3.63) is 0 Å². The number of aliphatic hydroxyl groups is 1. The normalized spacial score (nSPS) is 17.1. The Morgan fingerprint density at radius 3 is 1.67 bits per heavy atom. The quantitative estimate of drug-likeness (QED) is 0.0382. The zero-order valence-electron chi connectivity index (χ0n) is 34.9. The van der Waals surface area contributed by atoms with Crippen molar-refractivity contribution in [2.24, 2.45) is 0 Å². The highest BCUT2D eigenvalue weighted by atomic mass is 16.7. The summed E-state index contributed by atoms with van der Waals surface area (Å²) < 4.78 is 17.9. The molecule has 308 valence electrons. The number of nitrogens with zero attached hydrogens (tertiary/aromatic N) is 3. The van der Waals surface area contributed by atoms with Gasteiger partial charge in [-0.3, -0.25) is 14.6 Å². The van der Waals surface area contributed by atoms with Crippen LogP contribution in [0.3, 0.4) is 0 Å². The number of β-amino-alcohol motifs (C(OH)–C–C–N with tert-alkyl or cyclic N) is 1. The average Bonchev–Trinajstić information content (AvgIpc) is 3.12. The van der Waals surface area contributed by atoms with Gasteiger partial charge in [-0.2, -0.15) is 0 Å². The van der Waals surface area contributed by atoms with E-state index in [-0.39, 0.29) is 24.6 Å². The molecule has 9 nitrogen and oxygen atoms in total. The summed E-state index contributed by atoms with van der Waals surface area (Å²) in [5, 5.41) is 9.39. The van der Waals surface area contributed by atoms with E-state index in [0.29, 0.717) is 51.2 Å². The number of ether oxygens (including phenoxy) is 3. The number of hydrogen-bond acceptors (Lipinski definition) is 9. The molecular weight excluding hydrogens is 654 g/mol. The fourth-order valence-electron chi connectivity index (χ4n) is 7.23. The molecule has 1 rings (SSSR count). The molecule has 1 aliphatic rings. The van der Waals surface area contributed by atoms with Crippen molar-refractivity contribution in [2.75, 3.05) is 72.2 Å². The molecule has 1 fully saturated rings. The summed E-state index contributed by atoms with van der Waals surface area (Å²) >= 11 is 0. The largest absolute Gasteiger partial charge is 0.466 e. The third-order valence-electron chi connectivity index (χ3n) is 10.6. The molecule has 52 heavy (non-hydrogen) atoms. The molecule has 0 amide bonds. The Kier molecular flexibility index (Phi) is 32.4. The van der Waals surface area contributed by atoms with Gasteiger partial charge in [0, 0.05) is 57.8 Å². The number of piperazine rings is 1. The minimum atomic E-state index is -0.328. The fraction of sp³-hybridized carbons (Fsp3) is 0.953. The van der Waals surface area contributed by atoms with Gasteiger partial charge < -0.3 is 29.0 Å². The van der Waals surface area contributed by atoms with Gasteiger partial charge in [0.1, 0.15) is 5.78 Å². The number of hydrogen-bond donors (Lipinski definition) is 1. The maximum absolute atomic E-state index is 12.7. The molecule has 0 aliphatic carbocycles. The van der Waals surface area contributed by atoms with Crippen molar-refractivity contribution >= 4 is 11.8 Å². The predicted octanol–water partition coefficient (Wildman–Crippen LogP) is 8.79. The first-order valence-corrected chi connectivity index (χ1v) is 22.0. The lowest BCUT2D eigenvalue weighted by Gasteiger charge is -2.44. The SMILES string of the molecule is CCCCCCCCOC(CCC(=O)OCCCCN(CCCCCC(C)=O)CCCCN1CC(C)N(CCO)CC1C)OCCCCCCCC. The molecule has 0 saturated carbocycles. The van der Waals surface area contributed by atoms with Crippen LogP contribution < -0.4 is 0 Å². The van der Waals surface area contributed by atoms with Gasteiger partial charge in [-0.25, -0.2) is 0 Å². The molecule has 2 atom stereocenters. The summed E-state index contributed by atoms with van der Waals surface area (Å²) in [7, 11) is 0. The van der Waals surface area contributed by atoms with E-state index in [4.69, 9.17) is 14.2 Å². The number of rotatable bonds is 37. The van der Waals surface area contributed by atoms with Crippen LogP contribution >= 0.6 is 0 Å². The number of carbonyl (C=O) groups excluding carboxylic acids is 2. The molecule has 1 saturated heterocycles. The fourth-order valence-corrected chi connectivity index (χ4v) is 7.23. The van der Waals surface area contributed by atoms with E-state index < -0.39 is 0 Å². The lowest BCUT2D eigenvalue weighted by Crippen LogP contribution is -2.56. The van der Waals surface area contributed by atoms with Crippen molar-refractivity contribution in [3.63, 3.8) is 0 Å². The Morgan fingerprint density at radius 2 is 1.12 bits per heavy atom. The number of ketones is 1. The number of unbranched alkanes of at least 4 members (excludes halogenated alkanes) is 14. The van der Waals surface area contributed by atoms with Crippen LogP contribution in [-0.4, -0.2) is 122 Å². The van der Waals surface area contributed by atoms with Crippen LogP contribution in [0.5, 0.6) is 0 Å². The molecule has 0 spiro atoms. The summed E-state index contributed by atoms with van der Waals surface area (Å²) in [6.07, 6.45) is 23.4. The van der Waals surface area contributed by atoms with Crippen molar-refractivity contribution in [1.82, 2.24) is 14.7 Å². The third kappa shape index (κ3) is 27.5. The van der Waals surface area contributed by atoms with E-state index in [9.17, 15) is 14.7 Å². The van der Waals surface area contributed by atoms with Gasteiger partial charge >= 0.3 is 5.97 Å². The van der Waals surface area contributed by atoms with Crippen LogP contribution in [0.15, 0.2) is 0 Å². The Morgan fingerprint density at radius 1 is 0.635 bits per heavy atom. The van der Waals surface area contributed by atoms with Crippen LogP contribution in [0.2, 0.25) is 0 Å². The molecule has 0 aromatic carbocycles. The standard InChI is InChI=1S/C43H85N3O6/c1-6-8-10-12-14-22-35-51-43(52-36-23-15-13-11-9-7-2)27-26-42(49)50-34-24-21-30-44(28-18-16-17-25-41(5)48)29-19-20-31-45-37-40(4)46(32-33-47)38-39(45)3/h39-40,43,47H,6-38H2,1-5H3. The lowest BCUT2D eigenvalue weighted by atomic mass is 10.1. The Balaban J connectivity index is 2.40. The van der Waals surface area contributed by atoms with E-state index in [1.807, 2.05) is 0 Å². The smallest absolute Gasteiger partial charge is 0.305 e. The van der Waals surface area contributed by atoms with E-state index in [0.717, 1.165) is 90.8 Å². The molecule has 1 heterocycles. The summed E-state index contributed by atoms with van der Waals surface area (Å²) in [5.74, 6) is 0.128. The predicted molar refractivity (Wildman–Crippen MR) is 216 cm³/mol. The number of aliphatic hydroxyl groups excluding tert-OH is 1. The van der Waals surface area contributed by atoms with Gasteiger partial charge in [-0.1, -0.05) is 84.5 Å². The zero-order chi connectivity index (χ0) is 38.1. The second-order valence-electron chi connectivity index (χ2n) is 15.6. The number of esters is 1. The van der Waals surface area contributed by atoms with Gasteiger partial charge in [-0.15, -0.1) is 0 Å². The first-order chi connectivity index (χ1) is 25.3. The van der Waals surface area contributed by atoms with E-state index in [1.165, 1.54) is 77.0 Å². The van der Waals surface area contributed by atoms with Crippen molar-refractivity contribution in [1.29, 1.82) is 0 Å². The summed E-state index contributed by atoms with van der Waals surface area (Å²) in [6, 6.07) is 1.00. The molecule has 1 N–H and O–H groups in total. The van der Waals surface area contributed by atoms with Crippen LogP contribution in [0.1, 0.15) is 176 Å². The molecule has 1 aliphatic heterocycles. The Hall–Kier alpha value is -1.10. The second kappa shape index (κ2) is 34.4. The third-order valence-corrected chi connectivity index (χ3v) is 10.6. The highest BCUT2D eigenvalue weighted by Gasteiger charge is 2.28. The number of Topliss-reactive ketones (excluding diaryl/α,β-unsaturated/α-hetero) is 1. The topological polar surface area (TPSA) is 91.8 Å². The van der Waals surface area contributed by atoms with Crippen LogP contribution in [0.25, 0.3) is 0 Å². The molecule has 0 aromatic heterocycles. The van der Waals surface area contributed by atoms with Crippen molar-refractivity contribution in [3.8, 4) is 0 Å². The first kappa shape index (κ1) is 48.9. The van der Waals surface area contributed by atoms with Gasteiger partial charge in [-0.05, 0) is 98.3 Å². The molecule has 9 heteroatoms. The van der Waals surface area contributed by atoms with Crippen molar-refractivity contribution < 1.29 is 28.9 Å². The maximum Gasteiger partial charge on any atom is 0.305 e. The Labute approximate surface area is 321 Å². The maximum atomic E-state index is 12.7. The highest BCUT2D eigenvalue weighted by molar-refractivity contribution is 5.75. The summed E-state index contributed by atoms with van der Waals surface area (Å²) in [4.78, 5) is 31.6. The van der Waals surface area contributed by atoms with Gasteiger partial charge in [0.15, 0.2) is 6.29 Å². The van der Waals surface area contributed by atoms with E-state index >= 15 is 0 Å². The van der Waals surface area contributed by atoms with E-state index in [2.05, 4.69) is 42.4 Å². The van der Waals surface area contributed by atoms with Crippen LogP contribution in [-0.2, 0) is 23.8 Å². The lowest BCUT2D eigenvalue weighted by molar-refractivity contribution is -0.159. The molecule has 0 radical (unpaired) electrons. The average molecular weight is 740 g/mol. The molecular formula is C43H85N3O6. The van der Waals surface area contributed by atoms with E-state index in [1.54, 1.807) is 6.92 Å². The first-order valence-electron chi connectivity index (χ1n) is 22.0. The monoisotopic (exact) mass is 740 g/mol. The number of carbonyl (C=O) groups is 2. The second-order valence-corrected chi connectivity index (χ2v) is 15.6. The zero-order valence-corrected chi connectivity index (χ0v) is 34.9. The van der Waals surface area contributed by atoms with Gasteiger partial charge in [0.05, 0.1) is 19.6 Å². The minimum Gasteiger partial charge on any atom is -0.466 e.